The van der Waals surface area contributed by atoms with Crippen LogP contribution in [0.25, 0.3) is 0 Å². The Bertz CT molecular complexity index is 391. The van der Waals surface area contributed by atoms with E-state index in [0.29, 0.717) is 23.8 Å². The average molecular weight is 286 g/mol. The molecule has 0 unspecified atom stereocenters. The Kier molecular flexibility index (Phi) is 6.59. The number of halogens is 1. The molecule has 0 radical (unpaired) electrons. The van der Waals surface area contributed by atoms with Crippen molar-refractivity contribution >= 4 is 24.0 Å². The van der Waals surface area contributed by atoms with Crippen LogP contribution in [0.3, 0.4) is 0 Å². The lowest BCUT2D eigenvalue weighted by Crippen LogP contribution is -2.28. The van der Waals surface area contributed by atoms with Gasteiger partial charge in [0.15, 0.2) is 0 Å². The number of aromatic nitrogens is 1. The fourth-order valence-electron chi connectivity index (χ4n) is 2.06. The van der Waals surface area contributed by atoms with Crippen LogP contribution in [0.1, 0.15) is 29.8 Å². The summed E-state index contributed by atoms with van der Waals surface area (Å²) in [6.07, 6.45) is 4.68. The molecule has 1 aliphatic heterocycles. The maximum Gasteiger partial charge on any atom is 0.269 e. The minimum absolute atomic E-state index is 0. The van der Waals surface area contributed by atoms with Crippen LogP contribution in [0.15, 0.2) is 18.3 Å². The molecule has 1 amide bonds. The minimum Gasteiger partial charge on any atom is -0.397 e. The number of pyridine rings is 1. The molecule has 6 heteroatoms. The second-order valence-corrected chi connectivity index (χ2v) is 4.58. The molecule has 106 valence electrons. The Balaban J connectivity index is 0.00000180. The number of ether oxygens (including phenoxy) is 1. The van der Waals surface area contributed by atoms with E-state index < -0.39 is 0 Å². The number of carbonyl (C=O) groups is 1. The van der Waals surface area contributed by atoms with Crippen molar-refractivity contribution in [2.45, 2.75) is 19.3 Å². The van der Waals surface area contributed by atoms with Crippen molar-refractivity contribution in [3.8, 4) is 0 Å². The predicted molar refractivity (Wildman–Crippen MR) is 76.4 cm³/mol. The summed E-state index contributed by atoms with van der Waals surface area (Å²) in [6, 6.07) is 3.32. The van der Waals surface area contributed by atoms with Gasteiger partial charge in [-0.2, -0.15) is 0 Å². The van der Waals surface area contributed by atoms with Gasteiger partial charge in [-0.05, 0) is 37.3 Å². The second kappa shape index (κ2) is 7.96. The first-order chi connectivity index (χ1) is 8.75. The molecule has 19 heavy (non-hydrogen) atoms. The summed E-state index contributed by atoms with van der Waals surface area (Å²) in [4.78, 5) is 15.7. The van der Waals surface area contributed by atoms with Crippen LogP contribution in [-0.4, -0.2) is 30.6 Å². The molecule has 1 saturated heterocycles. The number of amides is 1. The maximum atomic E-state index is 11.8. The van der Waals surface area contributed by atoms with Crippen LogP contribution in [0.2, 0.25) is 0 Å². The molecule has 0 spiro atoms. The summed E-state index contributed by atoms with van der Waals surface area (Å²) in [5.74, 6) is 0.528. The van der Waals surface area contributed by atoms with E-state index >= 15 is 0 Å². The number of rotatable bonds is 4. The van der Waals surface area contributed by atoms with Gasteiger partial charge in [0.25, 0.3) is 5.91 Å². The van der Waals surface area contributed by atoms with Gasteiger partial charge >= 0.3 is 0 Å². The Hall–Kier alpha value is -1.33. The van der Waals surface area contributed by atoms with Crippen LogP contribution in [0, 0.1) is 5.92 Å². The van der Waals surface area contributed by atoms with Gasteiger partial charge in [0.2, 0.25) is 0 Å². The van der Waals surface area contributed by atoms with Gasteiger partial charge in [0.05, 0.1) is 11.9 Å². The summed E-state index contributed by atoms with van der Waals surface area (Å²) < 4.78 is 5.30. The third-order valence-corrected chi connectivity index (χ3v) is 3.20. The number of carbonyl (C=O) groups excluding carboxylic acids is 1. The van der Waals surface area contributed by atoms with Gasteiger partial charge in [-0.3, -0.25) is 4.79 Å². The monoisotopic (exact) mass is 285 g/mol. The molecule has 1 fully saturated rings. The number of nitrogens with two attached hydrogens (primary N) is 1. The first-order valence-electron chi connectivity index (χ1n) is 6.33. The Labute approximate surface area is 119 Å². The number of nitrogens with zero attached hydrogens (tertiary/aromatic N) is 1. The lowest BCUT2D eigenvalue weighted by atomic mass is 9.97. The molecule has 1 aromatic heterocycles. The zero-order chi connectivity index (χ0) is 12.8. The van der Waals surface area contributed by atoms with Crippen molar-refractivity contribution in [2.24, 2.45) is 5.92 Å². The average Bonchev–Trinajstić information content (AvgIpc) is 2.40. The van der Waals surface area contributed by atoms with E-state index in [2.05, 4.69) is 10.3 Å². The lowest BCUT2D eigenvalue weighted by Gasteiger charge is -2.21. The normalized spacial score (nSPS) is 15.6. The smallest absolute Gasteiger partial charge is 0.269 e. The molecule has 0 bridgehead atoms. The largest absolute Gasteiger partial charge is 0.397 e. The highest BCUT2D eigenvalue weighted by atomic mass is 35.5. The SMILES string of the molecule is Cl.Nc1ccc(C(=O)NCCC2CCOCC2)nc1. The Morgan fingerprint density at radius 2 is 2.16 bits per heavy atom. The molecule has 0 saturated carbocycles. The standard InChI is InChI=1S/C13H19N3O2.ClH/c14-11-1-2-12(16-9-11)13(17)15-6-3-10-4-7-18-8-5-10;/h1-2,9-10H,3-8,14H2,(H,15,17);1H. The first-order valence-corrected chi connectivity index (χ1v) is 6.33. The molecule has 0 atom stereocenters. The minimum atomic E-state index is -0.137. The van der Waals surface area contributed by atoms with Gasteiger partial charge in [-0.15, -0.1) is 12.4 Å². The fraction of sp³-hybridized carbons (Fsp3) is 0.538. The summed E-state index contributed by atoms with van der Waals surface area (Å²) >= 11 is 0. The number of nitrogens with one attached hydrogen (secondary N) is 1. The summed E-state index contributed by atoms with van der Waals surface area (Å²) in [7, 11) is 0. The second-order valence-electron chi connectivity index (χ2n) is 4.58. The Morgan fingerprint density at radius 1 is 1.42 bits per heavy atom. The third-order valence-electron chi connectivity index (χ3n) is 3.20. The number of hydrogen-bond donors (Lipinski definition) is 2. The van der Waals surface area contributed by atoms with Crippen LogP contribution in [0.4, 0.5) is 5.69 Å². The van der Waals surface area contributed by atoms with Gasteiger partial charge in [0, 0.05) is 19.8 Å². The molecule has 5 nitrogen and oxygen atoms in total. The predicted octanol–water partition coefficient (Wildman–Crippen LogP) is 1.63. The van der Waals surface area contributed by atoms with E-state index in [-0.39, 0.29) is 18.3 Å². The van der Waals surface area contributed by atoms with Crippen molar-refractivity contribution < 1.29 is 9.53 Å². The summed E-state index contributed by atoms with van der Waals surface area (Å²) in [6.45, 7) is 2.38. The van der Waals surface area contributed by atoms with Crippen molar-refractivity contribution in [2.75, 3.05) is 25.5 Å². The van der Waals surface area contributed by atoms with Crippen LogP contribution in [0.5, 0.6) is 0 Å². The van der Waals surface area contributed by atoms with Crippen molar-refractivity contribution in [3.63, 3.8) is 0 Å². The number of anilines is 1. The van der Waals surface area contributed by atoms with E-state index in [1.807, 2.05) is 0 Å². The summed E-state index contributed by atoms with van der Waals surface area (Å²) in [5, 5.41) is 2.88. The van der Waals surface area contributed by atoms with E-state index in [4.69, 9.17) is 10.5 Å². The molecule has 3 N–H and O–H groups in total. The van der Waals surface area contributed by atoms with Crippen molar-refractivity contribution in [1.82, 2.24) is 10.3 Å². The molecule has 2 heterocycles. The molecule has 1 aliphatic rings. The molecule has 2 rings (SSSR count). The topological polar surface area (TPSA) is 77.2 Å². The van der Waals surface area contributed by atoms with E-state index in [1.165, 1.54) is 6.20 Å². The Morgan fingerprint density at radius 3 is 2.79 bits per heavy atom. The molecular weight excluding hydrogens is 266 g/mol. The molecule has 1 aromatic rings. The number of hydrogen-bond acceptors (Lipinski definition) is 4. The highest BCUT2D eigenvalue weighted by Gasteiger charge is 2.14. The molecular formula is C13H20ClN3O2. The zero-order valence-electron chi connectivity index (χ0n) is 10.8. The van der Waals surface area contributed by atoms with Gasteiger partial charge < -0.3 is 15.8 Å². The van der Waals surface area contributed by atoms with Crippen molar-refractivity contribution in [1.29, 1.82) is 0 Å². The first kappa shape index (κ1) is 15.7. The highest BCUT2D eigenvalue weighted by molar-refractivity contribution is 5.92. The third kappa shape index (κ3) is 5.04. The van der Waals surface area contributed by atoms with Crippen LogP contribution >= 0.6 is 12.4 Å². The number of nitrogen functional groups attached to an aromatic ring is 1. The zero-order valence-corrected chi connectivity index (χ0v) is 11.6. The van der Waals surface area contributed by atoms with Gasteiger partial charge in [0.1, 0.15) is 5.69 Å². The lowest BCUT2D eigenvalue weighted by molar-refractivity contribution is 0.0636. The van der Waals surface area contributed by atoms with E-state index in [9.17, 15) is 4.79 Å². The van der Waals surface area contributed by atoms with Crippen LogP contribution in [-0.2, 0) is 4.74 Å². The molecule has 0 aliphatic carbocycles. The fourth-order valence-corrected chi connectivity index (χ4v) is 2.06. The van der Waals surface area contributed by atoms with Crippen molar-refractivity contribution in [3.05, 3.63) is 24.0 Å². The highest BCUT2D eigenvalue weighted by Crippen LogP contribution is 2.17. The van der Waals surface area contributed by atoms with Gasteiger partial charge in [-0.25, -0.2) is 4.98 Å². The molecule has 0 aromatic carbocycles. The van der Waals surface area contributed by atoms with Gasteiger partial charge in [-0.1, -0.05) is 0 Å². The quantitative estimate of drug-likeness (QED) is 0.881. The summed E-state index contributed by atoms with van der Waals surface area (Å²) in [5.41, 5.74) is 6.50. The maximum absolute atomic E-state index is 11.8. The van der Waals surface area contributed by atoms with E-state index in [0.717, 1.165) is 32.5 Å². The van der Waals surface area contributed by atoms with E-state index in [1.54, 1.807) is 12.1 Å². The van der Waals surface area contributed by atoms with Crippen LogP contribution < -0.4 is 11.1 Å².